The van der Waals surface area contributed by atoms with Gasteiger partial charge >= 0.3 is 5.97 Å². The molecule has 0 aliphatic carbocycles. The van der Waals surface area contributed by atoms with Crippen LogP contribution in [0.1, 0.15) is 46.5 Å². The van der Waals surface area contributed by atoms with Gasteiger partial charge in [0.15, 0.2) is 0 Å². The zero-order valence-electron chi connectivity index (χ0n) is 11.3. The van der Waals surface area contributed by atoms with Crippen LogP contribution in [0.5, 0.6) is 0 Å². The van der Waals surface area contributed by atoms with Crippen molar-refractivity contribution in [3.8, 4) is 0 Å². The molecule has 1 aliphatic heterocycles. The van der Waals surface area contributed by atoms with Crippen molar-refractivity contribution in [3.05, 3.63) is 0 Å². The molecular formula is C13H26NO3. The first-order chi connectivity index (χ1) is 8.11. The van der Waals surface area contributed by atoms with E-state index in [-0.39, 0.29) is 5.92 Å². The Bertz CT molecular complexity index is 191. The van der Waals surface area contributed by atoms with Crippen LogP contribution in [0.2, 0.25) is 0 Å². The fourth-order valence-corrected chi connectivity index (χ4v) is 1.64. The largest absolute Gasteiger partial charge is 0.376 e. The summed E-state index contributed by atoms with van der Waals surface area (Å²) in [5.74, 6) is -1.11. The fraction of sp³-hybridized carbons (Fsp3) is 0.923. The van der Waals surface area contributed by atoms with Crippen LogP contribution < -0.4 is 5.32 Å². The molecule has 0 amide bonds. The normalized spacial score (nSPS) is 21.2. The van der Waals surface area contributed by atoms with E-state index in [0.29, 0.717) is 12.5 Å². The molecule has 1 fully saturated rings. The molecule has 0 spiro atoms. The Morgan fingerprint density at radius 2 is 2.18 bits per heavy atom. The number of carbonyl (C=O) groups is 1. The van der Waals surface area contributed by atoms with Crippen LogP contribution in [0.4, 0.5) is 0 Å². The van der Waals surface area contributed by atoms with E-state index in [1.165, 1.54) is 0 Å². The summed E-state index contributed by atoms with van der Waals surface area (Å²) in [6.07, 6.45) is 3.95. The van der Waals surface area contributed by atoms with Gasteiger partial charge in [-0.25, -0.2) is 9.90 Å². The van der Waals surface area contributed by atoms with E-state index in [1.807, 2.05) is 6.92 Å². The van der Waals surface area contributed by atoms with E-state index in [9.17, 15) is 9.90 Å². The molecule has 1 heterocycles. The molecule has 2 atom stereocenters. The highest BCUT2D eigenvalue weighted by Gasteiger charge is 2.15. The predicted octanol–water partition coefficient (Wildman–Crippen LogP) is 2.15. The highest BCUT2D eigenvalue weighted by molar-refractivity contribution is 5.69. The van der Waals surface area contributed by atoms with Crippen LogP contribution in [0.15, 0.2) is 0 Å². The van der Waals surface area contributed by atoms with Gasteiger partial charge in [0, 0.05) is 13.1 Å². The molecule has 0 aromatic rings. The minimum absolute atomic E-state index is 0.222. The standard InChI is InChI=1S/C8H15O2.C5H11NO/c1-3-5-6-7(4-2)8(9)10;1-5-4-6-2-3-7-5/h7H,3-6H2,1-2H3;5-6H,2-4H2,1H3. The van der Waals surface area contributed by atoms with E-state index in [2.05, 4.69) is 19.2 Å². The van der Waals surface area contributed by atoms with Crippen molar-refractivity contribution >= 4 is 5.97 Å². The zero-order valence-corrected chi connectivity index (χ0v) is 11.3. The summed E-state index contributed by atoms with van der Waals surface area (Å²) in [6.45, 7) is 8.93. The Morgan fingerprint density at radius 1 is 1.47 bits per heavy atom. The van der Waals surface area contributed by atoms with Crippen LogP contribution >= 0.6 is 0 Å². The van der Waals surface area contributed by atoms with Crippen LogP contribution in [0.25, 0.3) is 0 Å². The molecule has 0 aromatic carbocycles. The van der Waals surface area contributed by atoms with Crippen molar-refractivity contribution in [2.24, 2.45) is 5.92 Å². The minimum atomic E-state index is -0.893. The summed E-state index contributed by atoms with van der Waals surface area (Å²) in [5, 5.41) is 13.5. The molecule has 4 heteroatoms. The van der Waals surface area contributed by atoms with Crippen LogP contribution in [0.3, 0.4) is 0 Å². The maximum atomic E-state index is 10.3. The van der Waals surface area contributed by atoms with Gasteiger partial charge < -0.3 is 10.1 Å². The van der Waals surface area contributed by atoms with Crippen molar-refractivity contribution in [2.75, 3.05) is 19.7 Å². The minimum Gasteiger partial charge on any atom is -0.376 e. The Hall–Kier alpha value is -0.610. The summed E-state index contributed by atoms with van der Waals surface area (Å²) in [6, 6.07) is 0. The SMILES string of the molecule is CC1CNCCO1.CCCCC(CC)C([O])=O. The summed E-state index contributed by atoms with van der Waals surface area (Å²) >= 11 is 0. The van der Waals surface area contributed by atoms with E-state index in [4.69, 9.17) is 4.74 Å². The topological polar surface area (TPSA) is 58.2 Å². The number of nitrogens with one attached hydrogen (secondary N) is 1. The number of unbranched alkanes of at least 4 members (excludes halogenated alkanes) is 1. The van der Waals surface area contributed by atoms with Gasteiger partial charge in [-0.1, -0.05) is 26.7 Å². The first-order valence-corrected chi connectivity index (χ1v) is 6.64. The molecule has 17 heavy (non-hydrogen) atoms. The molecule has 1 radical (unpaired) electrons. The van der Waals surface area contributed by atoms with Gasteiger partial charge in [0.2, 0.25) is 0 Å². The Labute approximate surface area is 105 Å². The molecular weight excluding hydrogens is 218 g/mol. The third-order valence-corrected chi connectivity index (χ3v) is 2.85. The molecule has 0 aromatic heterocycles. The third-order valence-electron chi connectivity index (χ3n) is 2.85. The van der Waals surface area contributed by atoms with Crippen LogP contribution in [0, 0.1) is 5.92 Å². The summed E-state index contributed by atoms with van der Waals surface area (Å²) in [5.41, 5.74) is 0. The second-order valence-corrected chi connectivity index (χ2v) is 4.45. The number of morpholine rings is 1. The molecule has 0 saturated carbocycles. The lowest BCUT2D eigenvalue weighted by atomic mass is 10.00. The lowest BCUT2D eigenvalue weighted by Gasteiger charge is -2.18. The average molecular weight is 244 g/mol. The van der Waals surface area contributed by atoms with E-state index >= 15 is 0 Å². The molecule has 1 N–H and O–H groups in total. The van der Waals surface area contributed by atoms with Crippen molar-refractivity contribution in [1.29, 1.82) is 0 Å². The fourth-order valence-electron chi connectivity index (χ4n) is 1.64. The highest BCUT2D eigenvalue weighted by atomic mass is 16.5. The van der Waals surface area contributed by atoms with Crippen molar-refractivity contribution in [3.63, 3.8) is 0 Å². The Balaban J connectivity index is 0.000000318. The predicted molar refractivity (Wildman–Crippen MR) is 67.3 cm³/mol. The summed E-state index contributed by atoms with van der Waals surface area (Å²) < 4.78 is 5.22. The molecule has 0 bridgehead atoms. The quantitative estimate of drug-likeness (QED) is 0.806. The van der Waals surface area contributed by atoms with Crippen molar-refractivity contribution < 1.29 is 14.6 Å². The van der Waals surface area contributed by atoms with Crippen LogP contribution in [-0.2, 0) is 14.6 Å². The summed E-state index contributed by atoms with van der Waals surface area (Å²) in [4.78, 5) is 10.3. The maximum Gasteiger partial charge on any atom is 0.358 e. The summed E-state index contributed by atoms with van der Waals surface area (Å²) in [7, 11) is 0. The molecule has 1 rings (SSSR count). The van der Waals surface area contributed by atoms with Gasteiger partial charge in [-0.3, -0.25) is 0 Å². The van der Waals surface area contributed by atoms with Crippen molar-refractivity contribution in [2.45, 2.75) is 52.6 Å². The number of ether oxygens (including phenoxy) is 1. The van der Waals surface area contributed by atoms with E-state index in [1.54, 1.807) is 0 Å². The second-order valence-electron chi connectivity index (χ2n) is 4.45. The zero-order chi connectivity index (χ0) is 13.1. The monoisotopic (exact) mass is 244 g/mol. The van der Waals surface area contributed by atoms with Crippen LogP contribution in [-0.4, -0.2) is 31.8 Å². The molecule has 101 valence electrons. The van der Waals surface area contributed by atoms with E-state index < -0.39 is 5.97 Å². The average Bonchev–Trinajstić information content (AvgIpc) is 2.31. The number of hydrogen-bond donors (Lipinski definition) is 1. The van der Waals surface area contributed by atoms with Gasteiger partial charge in [-0.2, -0.15) is 0 Å². The molecule has 4 nitrogen and oxygen atoms in total. The van der Waals surface area contributed by atoms with Gasteiger partial charge in [-0.15, -0.1) is 0 Å². The molecule has 1 aliphatic rings. The lowest BCUT2D eigenvalue weighted by molar-refractivity contribution is -0.148. The smallest absolute Gasteiger partial charge is 0.358 e. The third kappa shape index (κ3) is 9.12. The Kier molecular flexibility index (Phi) is 10.2. The maximum absolute atomic E-state index is 10.3. The second kappa shape index (κ2) is 10.5. The molecule has 2 unspecified atom stereocenters. The number of hydrogen-bond acceptors (Lipinski definition) is 3. The van der Waals surface area contributed by atoms with E-state index in [0.717, 1.165) is 39.0 Å². The lowest BCUT2D eigenvalue weighted by Crippen LogP contribution is -2.36. The first kappa shape index (κ1) is 16.4. The molecule has 1 saturated heterocycles. The first-order valence-electron chi connectivity index (χ1n) is 6.64. The number of rotatable bonds is 5. The van der Waals surface area contributed by atoms with Crippen molar-refractivity contribution in [1.82, 2.24) is 5.32 Å². The highest BCUT2D eigenvalue weighted by Crippen LogP contribution is 2.12. The van der Waals surface area contributed by atoms with Gasteiger partial charge in [0.05, 0.1) is 18.6 Å². The van der Waals surface area contributed by atoms with Gasteiger partial charge in [0.25, 0.3) is 0 Å². The Morgan fingerprint density at radius 3 is 2.47 bits per heavy atom. The number of carbonyl (C=O) groups excluding carboxylic acids is 1. The van der Waals surface area contributed by atoms with Gasteiger partial charge in [-0.05, 0) is 19.8 Å². The van der Waals surface area contributed by atoms with Gasteiger partial charge in [0.1, 0.15) is 0 Å².